The minimum atomic E-state index is -0.808. The first kappa shape index (κ1) is 18.6. The number of carboxylic acids is 1. The number of thiazole rings is 1. The largest absolute Gasteiger partial charge is 0.481 e. The summed E-state index contributed by atoms with van der Waals surface area (Å²) >= 11 is 1.52. The van der Waals surface area contributed by atoms with Gasteiger partial charge >= 0.3 is 5.97 Å². The van der Waals surface area contributed by atoms with Gasteiger partial charge in [0.15, 0.2) is 0 Å². The molecule has 0 saturated heterocycles. The number of carbonyl (C=O) groups is 2. The van der Waals surface area contributed by atoms with Gasteiger partial charge in [0.2, 0.25) is 5.91 Å². The van der Waals surface area contributed by atoms with Gasteiger partial charge in [0.1, 0.15) is 5.01 Å². The summed E-state index contributed by atoms with van der Waals surface area (Å²) in [5.41, 5.74) is 1.76. The van der Waals surface area contributed by atoms with Crippen molar-refractivity contribution in [2.24, 2.45) is 5.92 Å². The highest BCUT2D eigenvalue weighted by Gasteiger charge is 2.29. The Labute approximate surface area is 157 Å². The molecule has 1 amide bonds. The van der Waals surface area contributed by atoms with Crippen molar-refractivity contribution in [3.8, 4) is 10.6 Å². The number of carboxylic acid groups (broad SMARTS) is 1. The number of hydrogen-bond acceptors (Lipinski definition) is 4. The molecule has 1 aromatic heterocycles. The maximum absolute atomic E-state index is 12.5. The number of benzene rings is 1. The van der Waals surface area contributed by atoms with Gasteiger partial charge in [0.25, 0.3) is 0 Å². The molecular formula is C20H24N2O3S. The fraction of sp³-hybridized carbons (Fsp3) is 0.450. The van der Waals surface area contributed by atoms with E-state index in [0.717, 1.165) is 48.4 Å². The van der Waals surface area contributed by atoms with E-state index in [4.69, 9.17) is 0 Å². The van der Waals surface area contributed by atoms with Gasteiger partial charge in [-0.2, -0.15) is 0 Å². The number of amides is 1. The molecular weight excluding hydrogens is 348 g/mol. The van der Waals surface area contributed by atoms with E-state index in [9.17, 15) is 14.7 Å². The number of nitrogens with zero attached hydrogens (tertiary/aromatic N) is 1. The summed E-state index contributed by atoms with van der Waals surface area (Å²) in [6.45, 7) is 0. The lowest BCUT2D eigenvalue weighted by molar-refractivity contribution is -0.143. The molecule has 0 spiro atoms. The first-order chi connectivity index (χ1) is 12.6. The molecule has 5 nitrogen and oxygen atoms in total. The Morgan fingerprint density at radius 1 is 1.12 bits per heavy atom. The molecule has 0 aliphatic heterocycles. The van der Waals surface area contributed by atoms with Crippen LogP contribution in [0.2, 0.25) is 0 Å². The van der Waals surface area contributed by atoms with Crippen molar-refractivity contribution < 1.29 is 14.7 Å². The van der Waals surface area contributed by atoms with Crippen LogP contribution in [0.1, 0.15) is 44.2 Å². The zero-order chi connectivity index (χ0) is 18.4. The van der Waals surface area contributed by atoms with Crippen LogP contribution in [0.5, 0.6) is 0 Å². The minimum absolute atomic E-state index is 0.147. The van der Waals surface area contributed by atoms with Crippen molar-refractivity contribution in [1.82, 2.24) is 10.3 Å². The monoisotopic (exact) mass is 372 g/mol. The van der Waals surface area contributed by atoms with Gasteiger partial charge in [0.05, 0.1) is 18.0 Å². The second kappa shape index (κ2) is 8.94. The predicted molar refractivity (Wildman–Crippen MR) is 102 cm³/mol. The van der Waals surface area contributed by atoms with Crippen LogP contribution in [-0.2, 0) is 16.0 Å². The highest BCUT2D eigenvalue weighted by atomic mass is 32.1. The summed E-state index contributed by atoms with van der Waals surface area (Å²) in [6.07, 6.45) is 5.60. The van der Waals surface area contributed by atoms with E-state index in [1.54, 1.807) is 0 Å². The lowest BCUT2D eigenvalue weighted by Crippen LogP contribution is -2.44. The van der Waals surface area contributed by atoms with Crippen LogP contribution in [0, 0.1) is 5.92 Å². The third-order valence-electron chi connectivity index (χ3n) is 4.84. The summed E-state index contributed by atoms with van der Waals surface area (Å²) in [6, 6.07) is 9.59. The number of carbonyl (C=O) groups excluding carboxylic acids is 1. The highest BCUT2D eigenvalue weighted by molar-refractivity contribution is 7.13. The molecule has 0 bridgehead atoms. The molecule has 1 heterocycles. The number of aromatic nitrogens is 1. The van der Waals surface area contributed by atoms with Crippen molar-refractivity contribution in [1.29, 1.82) is 0 Å². The molecule has 1 saturated carbocycles. The van der Waals surface area contributed by atoms with Gasteiger partial charge in [0, 0.05) is 17.0 Å². The first-order valence-electron chi connectivity index (χ1n) is 9.15. The molecule has 138 valence electrons. The van der Waals surface area contributed by atoms with E-state index >= 15 is 0 Å². The van der Waals surface area contributed by atoms with Crippen LogP contribution in [0.25, 0.3) is 10.6 Å². The van der Waals surface area contributed by atoms with Crippen molar-refractivity contribution in [3.05, 3.63) is 41.4 Å². The molecule has 1 aliphatic carbocycles. The van der Waals surface area contributed by atoms with E-state index in [-0.39, 0.29) is 18.4 Å². The molecule has 2 N–H and O–H groups in total. The van der Waals surface area contributed by atoms with E-state index in [2.05, 4.69) is 10.3 Å². The minimum Gasteiger partial charge on any atom is -0.481 e. The Hall–Kier alpha value is -2.21. The summed E-state index contributed by atoms with van der Waals surface area (Å²) in [5, 5.41) is 15.2. The SMILES string of the molecule is O=C(Cc1csc(-c2ccccc2)n1)NC1CCCCCCC1C(=O)O. The van der Waals surface area contributed by atoms with Gasteiger partial charge in [-0.1, -0.05) is 56.0 Å². The summed E-state index contributed by atoms with van der Waals surface area (Å²) in [7, 11) is 0. The number of rotatable bonds is 5. The second-order valence-corrected chi connectivity index (χ2v) is 7.66. The third kappa shape index (κ3) is 4.91. The van der Waals surface area contributed by atoms with E-state index in [0.29, 0.717) is 6.42 Å². The molecule has 6 heteroatoms. The van der Waals surface area contributed by atoms with Crippen molar-refractivity contribution in [3.63, 3.8) is 0 Å². The Bertz CT molecular complexity index is 745. The van der Waals surface area contributed by atoms with E-state index in [1.165, 1.54) is 11.3 Å². The molecule has 2 aromatic rings. The summed E-state index contributed by atoms with van der Waals surface area (Å²) in [5.74, 6) is -1.45. The molecule has 2 unspecified atom stereocenters. The third-order valence-corrected chi connectivity index (χ3v) is 5.78. The van der Waals surface area contributed by atoms with E-state index < -0.39 is 11.9 Å². The average Bonchev–Trinajstić information content (AvgIpc) is 3.06. The van der Waals surface area contributed by atoms with Crippen LogP contribution in [0.15, 0.2) is 35.7 Å². The Kier molecular flexibility index (Phi) is 6.39. The van der Waals surface area contributed by atoms with Gasteiger partial charge in [-0.15, -0.1) is 11.3 Å². The predicted octanol–water partition coefficient (Wildman–Crippen LogP) is 3.89. The standard InChI is InChI=1S/C20H24N2O3S/c23-18(22-17-11-7-2-1-6-10-16(17)20(24)25)12-15-13-26-19(21-15)14-8-4-3-5-9-14/h3-5,8-9,13,16-17H,1-2,6-7,10-12H2,(H,22,23)(H,24,25). The Balaban J connectivity index is 1.62. The zero-order valence-corrected chi connectivity index (χ0v) is 15.5. The van der Waals surface area contributed by atoms with Crippen molar-refractivity contribution in [2.45, 2.75) is 51.0 Å². The lowest BCUT2D eigenvalue weighted by atomic mass is 9.86. The summed E-state index contributed by atoms with van der Waals surface area (Å²) in [4.78, 5) is 28.6. The van der Waals surface area contributed by atoms with Crippen LogP contribution in [0.3, 0.4) is 0 Å². The summed E-state index contributed by atoms with van der Waals surface area (Å²) < 4.78 is 0. The van der Waals surface area contributed by atoms with Crippen LogP contribution in [0.4, 0.5) is 0 Å². The maximum Gasteiger partial charge on any atom is 0.308 e. The molecule has 26 heavy (non-hydrogen) atoms. The zero-order valence-electron chi connectivity index (χ0n) is 14.7. The smallest absolute Gasteiger partial charge is 0.308 e. The van der Waals surface area contributed by atoms with Crippen LogP contribution in [-0.4, -0.2) is 28.0 Å². The molecule has 1 fully saturated rings. The maximum atomic E-state index is 12.5. The van der Waals surface area contributed by atoms with Gasteiger partial charge < -0.3 is 10.4 Å². The average molecular weight is 372 g/mol. The molecule has 3 rings (SSSR count). The molecule has 2 atom stereocenters. The van der Waals surface area contributed by atoms with Crippen molar-refractivity contribution >= 4 is 23.2 Å². The molecule has 1 aromatic carbocycles. The normalized spacial score (nSPS) is 20.8. The van der Waals surface area contributed by atoms with Crippen LogP contribution < -0.4 is 5.32 Å². The fourth-order valence-electron chi connectivity index (χ4n) is 3.48. The van der Waals surface area contributed by atoms with Gasteiger partial charge in [-0.3, -0.25) is 9.59 Å². The Morgan fingerprint density at radius 2 is 1.85 bits per heavy atom. The molecule has 0 radical (unpaired) electrons. The quantitative estimate of drug-likeness (QED) is 0.834. The number of hydrogen-bond donors (Lipinski definition) is 2. The lowest BCUT2D eigenvalue weighted by Gasteiger charge is -2.27. The topological polar surface area (TPSA) is 79.3 Å². The molecule has 1 aliphatic rings. The van der Waals surface area contributed by atoms with Crippen LogP contribution >= 0.6 is 11.3 Å². The second-order valence-electron chi connectivity index (χ2n) is 6.80. The number of aliphatic carboxylic acids is 1. The number of nitrogens with one attached hydrogen (secondary N) is 1. The fourth-order valence-corrected chi connectivity index (χ4v) is 4.30. The van der Waals surface area contributed by atoms with Gasteiger partial charge in [-0.05, 0) is 12.8 Å². The van der Waals surface area contributed by atoms with Crippen molar-refractivity contribution in [2.75, 3.05) is 0 Å². The van der Waals surface area contributed by atoms with E-state index in [1.807, 2.05) is 35.7 Å². The Morgan fingerprint density at radius 3 is 2.58 bits per heavy atom. The van der Waals surface area contributed by atoms with Gasteiger partial charge in [-0.25, -0.2) is 4.98 Å². The highest BCUT2D eigenvalue weighted by Crippen LogP contribution is 2.25. The first-order valence-corrected chi connectivity index (χ1v) is 10.0.